The largest absolute Gasteiger partial charge is 0.354 e. The molecule has 0 saturated carbocycles. The van der Waals surface area contributed by atoms with Gasteiger partial charge in [-0.25, -0.2) is 9.78 Å². The first-order chi connectivity index (χ1) is 12.1. The van der Waals surface area contributed by atoms with Crippen LogP contribution in [0.2, 0.25) is 0 Å². The lowest BCUT2D eigenvalue weighted by Gasteiger charge is -2.38. The zero-order valence-electron chi connectivity index (χ0n) is 14.9. The van der Waals surface area contributed by atoms with Crippen LogP contribution in [0.3, 0.4) is 0 Å². The van der Waals surface area contributed by atoms with E-state index in [0.29, 0.717) is 0 Å². The van der Waals surface area contributed by atoms with Gasteiger partial charge in [0.2, 0.25) is 5.91 Å². The minimum Gasteiger partial charge on any atom is -0.354 e. The van der Waals surface area contributed by atoms with E-state index < -0.39 is 0 Å². The summed E-state index contributed by atoms with van der Waals surface area (Å²) >= 11 is 0. The van der Waals surface area contributed by atoms with E-state index in [0.717, 1.165) is 64.3 Å². The van der Waals surface area contributed by atoms with E-state index in [-0.39, 0.29) is 18.0 Å². The van der Waals surface area contributed by atoms with Crippen molar-refractivity contribution in [2.75, 3.05) is 44.2 Å². The number of hydrogen-bond acceptors (Lipinski definition) is 5. The molecule has 1 unspecified atom stereocenters. The Labute approximate surface area is 149 Å². The summed E-state index contributed by atoms with van der Waals surface area (Å²) in [5.74, 6) is 0.765. The minimum absolute atomic E-state index is 0.207. The molecule has 1 aromatic heterocycles. The van der Waals surface area contributed by atoms with Crippen LogP contribution in [0.5, 0.6) is 0 Å². The molecule has 3 heterocycles. The van der Waals surface area contributed by atoms with Crippen LogP contribution in [0.25, 0.3) is 0 Å². The number of piperidine rings is 1. The van der Waals surface area contributed by atoms with Crippen molar-refractivity contribution in [2.45, 2.75) is 32.2 Å². The molecule has 2 saturated heterocycles. The van der Waals surface area contributed by atoms with Gasteiger partial charge in [-0.2, -0.15) is 0 Å². The summed E-state index contributed by atoms with van der Waals surface area (Å²) in [7, 11) is 0. The van der Waals surface area contributed by atoms with E-state index in [1.54, 1.807) is 11.1 Å². The fourth-order valence-corrected chi connectivity index (χ4v) is 3.43. The molecule has 0 radical (unpaired) electrons. The number of carbonyl (C=O) groups is 2. The number of rotatable bonds is 3. The molecule has 0 aliphatic carbocycles. The molecule has 136 valence electrons. The standard InChI is InChI=1S/C18H27N5O2/c1-15(17(24)20-18(25)23-9-5-2-6-10-23)21-11-13-22(14-12-21)16-7-3-4-8-19-16/h3-4,7-8,15H,2,5-6,9-14H2,1H3,(H,20,24,25). The molecule has 1 N–H and O–H groups in total. The van der Waals surface area contributed by atoms with Crippen molar-refractivity contribution >= 4 is 17.8 Å². The normalized spacial score (nSPS) is 20.2. The lowest BCUT2D eigenvalue weighted by molar-refractivity contribution is -0.125. The first-order valence-electron chi connectivity index (χ1n) is 9.15. The van der Waals surface area contributed by atoms with Crippen LogP contribution in [0, 0.1) is 0 Å². The molecule has 2 aliphatic heterocycles. The van der Waals surface area contributed by atoms with Gasteiger partial charge in [0.1, 0.15) is 5.82 Å². The van der Waals surface area contributed by atoms with Gasteiger partial charge in [0.15, 0.2) is 0 Å². The van der Waals surface area contributed by atoms with Crippen molar-refractivity contribution in [1.82, 2.24) is 20.1 Å². The van der Waals surface area contributed by atoms with Gasteiger partial charge in [-0.05, 0) is 38.3 Å². The highest BCUT2D eigenvalue weighted by Gasteiger charge is 2.28. The topological polar surface area (TPSA) is 68.8 Å². The number of anilines is 1. The molecule has 0 aromatic carbocycles. The summed E-state index contributed by atoms with van der Waals surface area (Å²) in [5, 5.41) is 2.57. The molecule has 0 spiro atoms. The molecule has 2 fully saturated rings. The number of piperazine rings is 1. The minimum atomic E-state index is -0.306. The van der Waals surface area contributed by atoms with Crippen LogP contribution < -0.4 is 10.2 Å². The van der Waals surface area contributed by atoms with Crippen molar-refractivity contribution in [3.05, 3.63) is 24.4 Å². The predicted octanol–water partition coefficient (Wildman–Crippen LogP) is 1.31. The fourth-order valence-electron chi connectivity index (χ4n) is 3.43. The third-order valence-corrected chi connectivity index (χ3v) is 5.09. The van der Waals surface area contributed by atoms with Crippen LogP contribution in [-0.4, -0.2) is 72.0 Å². The third-order valence-electron chi connectivity index (χ3n) is 5.09. The van der Waals surface area contributed by atoms with Crippen LogP contribution in [0.1, 0.15) is 26.2 Å². The quantitative estimate of drug-likeness (QED) is 0.895. The summed E-state index contributed by atoms with van der Waals surface area (Å²) in [4.78, 5) is 35.1. The fraction of sp³-hybridized carbons (Fsp3) is 0.611. The monoisotopic (exact) mass is 345 g/mol. The van der Waals surface area contributed by atoms with E-state index >= 15 is 0 Å². The second kappa shape index (κ2) is 8.29. The van der Waals surface area contributed by atoms with Gasteiger partial charge in [-0.15, -0.1) is 0 Å². The van der Waals surface area contributed by atoms with Crippen molar-refractivity contribution in [2.24, 2.45) is 0 Å². The molecule has 1 atom stereocenters. The highest BCUT2D eigenvalue weighted by molar-refractivity contribution is 5.96. The molecular formula is C18H27N5O2. The van der Waals surface area contributed by atoms with E-state index in [1.807, 2.05) is 25.1 Å². The van der Waals surface area contributed by atoms with Crippen molar-refractivity contribution in [1.29, 1.82) is 0 Å². The Morgan fingerprint density at radius 1 is 1.04 bits per heavy atom. The maximum absolute atomic E-state index is 12.4. The van der Waals surface area contributed by atoms with Crippen molar-refractivity contribution < 1.29 is 9.59 Å². The van der Waals surface area contributed by atoms with E-state index in [4.69, 9.17) is 0 Å². The highest BCUT2D eigenvalue weighted by Crippen LogP contribution is 2.14. The number of nitrogens with one attached hydrogen (secondary N) is 1. The van der Waals surface area contributed by atoms with Gasteiger partial charge < -0.3 is 9.80 Å². The molecule has 3 rings (SSSR count). The Balaban J connectivity index is 1.47. The van der Waals surface area contributed by atoms with Crippen molar-refractivity contribution in [3.8, 4) is 0 Å². The maximum atomic E-state index is 12.4. The second-order valence-corrected chi connectivity index (χ2v) is 6.73. The molecule has 2 aliphatic rings. The Morgan fingerprint density at radius 2 is 1.76 bits per heavy atom. The number of aromatic nitrogens is 1. The predicted molar refractivity (Wildman–Crippen MR) is 96.4 cm³/mol. The van der Waals surface area contributed by atoms with Gasteiger partial charge in [-0.3, -0.25) is 15.0 Å². The lowest BCUT2D eigenvalue weighted by Crippen LogP contribution is -2.56. The summed E-state index contributed by atoms with van der Waals surface area (Å²) < 4.78 is 0. The Morgan fingerprint density at radius 3 is 2.40 bits per heavy atom. The average Bonchev–Trinajstić information content (AvgIpc) is 2.69. The number of amides is 3. The Kier molecular flexibility index (Phi) is 5.86. The van der Waals surface area contributed by atoms with Crippen molar-refractivity contribution in [3.63, 3.8) is 0 Å². The van der Waals surface area contributed by atoms with Gasteiger partial charge in [0.25, 0.3) is 0 Å². The number of likely N-dealkylation sites (tertiary alicyclic amines) is 1. The SMILES string of the molecule is CC(C(=O)NC(=O)N1CCCCC1)N1CCN(c2ccccn2)CC1. The molecule has 3 amide bonds. The zero-order chi connectivity index (χ0) is 17.6. The summed E-state index contributed by atoms with van der Waals surface area (Å²) in [6.07, 6.45) is 5.00. The van der Waals surface area contributed by atoms with E-state index in [1.165, 1.54) is 0 Å². The maximum Gasteiger partial charge on any atom is 0.324 e. The number of hydrogen-bond donors (Lipinski definition) is 1. The first-order valence-corrected chi connectivity index (χ1v) is 9.15. The third kappa shape index (κ3) is 4.48. The molecule has 7 nitrogen and oxygen atoms in total. The zero-order valence-corrected chi connectivity index (χ0v) is 14.9. The lowest BCUT2D eigenvalue weighted by atomic mass is 10.1. The molecular weight excluding hydrogens is 318 g/mol. The summed E-state index contributed by atoms with van der Waals surface area (Å²) in [6.45, 7) is 6.58. The summed E-state index contributed by atoms with van der Waals surface area (Å²) in [6, 6.07) is 5.34. The average molecular weight is 345 g/mol. The van der Waals surface area contributed by atoms with Gasteiger partial charge >= 0.3 is 6.03 Å². The van der Waals surface area contributed by atoms with Gasteiger partial charge in [-0.1, -0.05) is 6.07 Å². The smallest absolute Gasteiger partial charge is 0.324 e. The van der Waals surface area contributed by atoms with Gasteiger partial charge in [0.05, 0.1) is 6.04 Å². The Hall–Kier alpha value is -2.15. The number of carbonyl (C=O) groups excluding carboxylic acids is 2. The molecule has 25 heavy (non-hydrogen) atoms. The molecule has 7 heteroatoms. The number of nitrogens with zero attached hydrogens (tertiary/aromatic N) is 4. The van der Waals surface area contributed by atoms with Crippen LogP contribution >= 0.6 is 0 Å². The van der Waals surface area contributed by atoms with Crippen LogP contribution in [-0.2, 0) is 4.79 Å². The van der Waals surface area contributed by atoms with E-state index in [9.17, 15) is 9.59 Å². The van der Waals surface area contributed by atoms with Gasteiger partial charge in [0, 0.05) is 45.5 Å². The Bertz CT molecular complexity index is 580. The highest BCUT2D eigenvalue weighted by atomic mass is 16.2. The number of pyridine rings is 1. The number of imide groups is 1. The summed E-state index contributed by atoms with van der Waals surface area (Å²) in [5.41, 5.74) is 0. The molecule has 0 bridgehead atoms. The molecule has 1 aromatic rings. The second-order valence-electron chi connectivity index (χ2n) is 6.73. The first kappa shape index (κ1) is 17.7. The van der Waals surface area contributed by atoms with E-state index in [2.05, 4.69) is 20.1 Å². The number of urea groups is 1. The van der Waals surface area contributed by atoms with Crippen LogP contribution in [0.15, 0.2) is 24.4 Å². The van der Waals surface area contributed by atoms with Crippen LogP contribution in [0.4, 0.5) is 10.6 Å².